The van der Waals surface area contributed by atoms with Gasteiger partial charge in [-0.25, -0.2) is 13.1 Å². The van der Waals surface area contributed by atoms with E-state index in [-0.39, 0.29) is 35.8 Å². The molecule has 0 saturated heterocycles. The van der Waals surface area contributed by atoms with E-state index in [1.165, 1.54) is 12.1 Å². The van der Waals surface area contributed by atoms with E-state index in [1.54, 1.807) is 0 Å². The van der Waals surface area contributed by atoms with Gasteiger partial charge >= 0.3 is 0 Å². The Bertz CT molecular complexity index is 636. The maximum atomic E-state index is 12.3. The maximum absolute atomic E-state index is 12.3. The molecule has 118 valence electrons. The van der Waals surface area contributed by atoms with E-state index in [4.69, 9.17) is 5.73 Å². The summed E-state index contributed by atoms with van der Waals surface area (Å²) in [7, 11) is -3.98. The predicted octanol–water partition coefficient (Wildman–Crippen LogP) is 1.79. The minimum absolute atomic E-state index is 0. The number of nitrogens with two attached hydrogens (primary N) is 1. The SMILES string of the molecule is Cl.NCC(NS(=O)(=O)c1cc(Br)ccc1[N+](=O)[O-])C1CC1. The lowest BCUT2D eigenvalue weighted by Crippen LogP contribution is -2.41. The number of hydrogen-bond acceptors (Lipinski definition) is 5. The van der Waals surface area contributed by atoms with Gasteiger partial charge in [0.1, 0.15) is 0 Å². The van der Waals surface area contributed by atoms with E-state index in [0.29, 0.717) is 4.47 Å². The highest BCUT2D eigenvalue weighted by Gasteiger charge is 2.35. The van der Waals surface area contributed by atoms with Crippen molar-refractivity contribution < 1.29 is 13.3 Å². The van der Waals surface area contributed by atoms with Gasteiger partial charge in [-0.2, -0.15) is 0 Å². The summed E-state index contributed by atoms with van der Waals surface area (Å²) in [6.07, 6.45) is 1.84. The van der Waals surface area contributed by atoms with Crippen molar-refractivity contribution in [3.63, 3.8) is 0 Å². The van der Waals surface area contributed by atoms with E-state index in [2.05, 4.69) is 20.7 Å². The van der Waals surface area contributed by atoms with E-state index in [0.717, 1.165) is 18.9 Å². The Morgan fingerprint density at radius 3 is 2.57 bits per heavy atom. The van der Waals surface area contributed by atoms with Crippen molar-refractivity contribution in [2.24, 2.45) is 11.7 Å². The Morgan fingerprint density at radius 1 is 1.48 bits per heavy atom. The lowest BCUT2D eigenvalue weighted by atomic mass is 10.2. The van der Waals surface area contributed by atoms with E-state index in [9.17, 15) is 18.5 Å². The number of nitro groups is 1. The van der Waals surface area contributed by atoms with Crippen molar-refractivity contribution >= 4 is 44.0 Å². The Morgan fingerprint density at radius 2 is 2.10 bits per heavy atom. The van der Waals surface area contributed by atoms with Gasteiger partial charge in [0, 0.05) is 23.1 Å². The molecule has 0 aliphatic heterocycles. The molecule has 1 aliphatic carbocycles. The fraction of sp³-hybridized carbons (Fsp3) is 0.455. The van der Waals surface area contributed by atoms with E-state index < -0.39 is 20.6 Å². The van der Waals surface area contributed by atoms with Gasteiger partial charge in [-0.15, -0.1) is 12.4 Å². The number of halogens is 2. The lowest BCUT2D eigenvalue weighted by Gasteiger charge is -2.16. The number of nitrogens with zero attached hydrogens (tertiary/aromatic N) is 1. The summed E-state index contributed by atoms with van der Waals surface area (Å²) in [6.45, 7) is 0.172. The van der Waals surface area contributed by atoms with Crippen molar-refractivity contribution in [3.8, 4) is 0 Å². The molecule has 1 aromatic rings. The zero-order chi connectivity index (χ0) is 14.9. The molecule has 1 aliphatic rings. The molecule has 0 bridgehead atoms. The second kappa shape index (κ2) is 7.01. The van der Waals surface area contributed by atoms with Crippen LogP contribution in [0.2, 0.25) is 0 Å². The molecule has 21 heavy (non-hydrogen) atoms. The third kappa shape index (κ3) is 4.36. The quantitative estimate of drug-likeness (QED) is 0.558. The second-order valence-corrected chi connectivity index (χ2v) is 7.27. The smallest absolute Gasteiger partial charge is 0.289 e. The molecule has 1 aromatic carbocycles. The molecule has 0 amide bonds. The van der Waals surface area contributed by atoms with Crippen LogP contribution in [-0.4, -0.2) is 25.9 Å². The predicted molar refractivity (Wildman–Crippen MR) is 83.9 cm³/mol. The fourth-order valence-corrected chi connectivity index (χ4v) is 3.98. The molecule has 1 atom stereocenters. The molecule has 3 N–H and O–H groups in total. The molecule has 1 fully saturated rings. The van der Waals surface area contributed by atoms with Gasteiger partial charge in [-0.05, 0) is 30.9 Å². The van der Waals surface area contributed by atoms with Crippen LogP contribution >= 0.6 is 28.3 Å². The van der Waals surface area contributed by atoms with Crippen LogP contribution in [0.1, 0.15) is 12.8 Å². The monoisotopic (exact) mass is 399 g/mol. The van der Waals surface area contributed by atoms with Crippen LogP contribution < -0.4 is 10.5 Å². The first-order valence-electron chi connectivity index (χ1n) is 6.01. The molecule has 0 heterocycles. The van der Waals surface area contributed by atoms with Gasteiger partial charge in [0.2, 0.25) is 10.0 Å². The average Bonchev–Trinajstić information content (AvgIpc) is 3.19. The molecular formula is C11H15BrClN3O4S. The topological polar surface area (TPSA) is 115 Å². The number of hydrogen-bond donors (Lipinski definition) is 2. The van der Waals surface area contributed by atoms with Gasteiger partial charge in [-0.1, -0.05) is 15.9 Å². The van der Waals surface area contributed by atoms with Crippen LogP contribution in [0.5, 0.6) is 0 Å². The Hall–Kier alpha value is -0.740. The number of rotatable bonds is 6. The molecule has 0 spiro atoms. The van der Waals surface area contributed by atoms with Gasteiger partial charge in [0.05, 0.1) is 4.92 Å². The highest BCUT2D eigenvalue weighted by molar-refractivity contribution is 9.10. The minimum Gasteiger partial charge on any atom is -0.329 e. The standard InChI is InChI=1S/C11H14BrN3O4S.ClH/c12-8-3-4-10(15(16)17)11(5-8)20(18,19)14-9(6-13)7-1-2-7;/h3-5,7,9,14H,1-2,6,13H2;1H. The molecule has 0 aromatic heterocycles. The third-order valence-corrected chi connectivity index (χ3v) is 5.17. The molecule has 0 radical (unpaired) electrons. The summed E-state index contributed by atoms with van der Waals surface area (Å²) in [6, 6.07) is 3.44. The van der Waals surface area contributed by atoms with Crippen molar-refractivity contribution in [3.05, 3.63) is 32.8 Å². The molecular weight excluding hydrogens is 386 g/mol. The van der Waals surface area contributed by atoms with Crippen LogP contribution in [0.15, 0.2) is 27.6 Å². The molecule has 7 nitrogen and oxygen atoms in total. The summed E-state index contributed by atoms with van der Waals surface area (Å²) in [4.78, 5) is 9.89. The first-order valence-corrected chi connectivity index (χ1v) is 8.29. The van der Waals surface area contributed by atoms with Crippen molar-refractivity contribution in [2.75, 3.05) is 6.54 Å². The fourth-order valence-electron chi connectivity index (χ4n) is 1.95. The Labute approximate surface area is 137 Å². The van der Waals surface area contributed by atoms with Crippen LogP contribution in [0.3, 0.4) is 0 Å². The maximum Gasteiger partial charge on any atom is 0.289 e. The number of nitro benzene ring substituents is 1. The Balaban J connectivity index is 0.00000220. The van der Waals surface area contributed by atoms with E-state index >= 15 is 0 Å². The molecule has 1 saturated carbocycles. The summed E-state index contributed by atoms with van der Waals surface area (Å²) in [5, 5.41) is 11.0. The minimum atomic E-state index is -3.98. The summed E-state index contributed by atoms with van der Waals surface area (Å²) in [5.41, 5.74) is 5.11. The van der Waals surface area contributed by atoms with Gasteiger partial charge in [0.15, 0.2) is 4.90 Å². The van der Waals surface area contributed by atoms with Crippen molar-refractivity contribution in [1.29, 1.82) is 0 Å². The van der Waals surface area contributed by atoms with Crippen molar-refractivity contribution in [2.45, 2.75) is 23.8 Å². The first-order chi connectivity index (χ1) is 9.35. The zero-order valence-corrected chi connectivity index (χ0v) is 14.1. The highest BCUT2D eigenvalue weighted by atomic mass is 79.9. The normalized spacial score (nSPS) is 16.1. The molecule has 1 unspecified atom stereocenters. The van der Waals surface area contributed by atoms with Crippen molar-refractivity contribution in [1.82, 2.24) is 4.72 Å². The van der Waals surface area contributed by atoms with Crippen LogP contribution in [0.4, 0.5) is 5.69 Å². The first kappa shape index (κ1) is 18.3. The number of sulfonamides is 1. The van der Waals surface area contributed by atoms with Crippen LogP contribution in [0, 0.1) is 16.0 Å². The number of benzene rings is 1. The average molecular weight is 401 g/mol. The largest absolute Gasteiger partial charge is 0.329 e. The third-order valence-electron chi connectivity index (χ3n) is 3.16. The van der Waals surface area contributed by atoms with Gasteiger partial charge in [-0.3, -0.25) is 10.1 Å². The second-order valence-electron chi connectivity index (χ2n) is 4.67. The summed E-state index contributed by atoms with van der Waals surface area (Å²) in [5.74, 6) is 0.223. The van der Waals surface area contributed by atoms with Gasteiger partial charge in [0.25, 0.3) is 5.69 Å². The molecule has 10 heteroatoms. The molecule has 2 rings (SSSR count). The summed E-state index contributed by atoms with van der Waals surface area (Å²) >= 11 is 3.12. The summed E-state index contributed by atoms with van der Waals surface area (Å²) < 4.78 is 27.6. The van der Waals surface area contributed by atoms with Crippen LogP contribution in [0.25, 0.3) is 0 Å². The number of nitrogens with one attached hydrogen (secondary N) is 1. The van der Waals surface area contributed by atoms with Crippen LogP contribution in [-0.2, 0) is 10.0 Å². The van der Waals surface area contributed by atoms with E-state index in [1.807, 2.05) is 0 Å². The lowest BCUT2D eigenvalue weighted by molar-refractivity contribution is -0.387. The highest BCUT2D eigenvalue weighted by Crippen LogP contribution is 2.34. The zero-order valence-electron chi connectivity index (χ0n) is 10.9. The van der Waals surface area contributed by atoms with Gasteiger partial charge < -0.3 is 5.73 Å². The Kier molecular flexibility index (Phi) is 6.11.